The molecule has 0 saturated heterocycles. The van der Waals surface area contributed by atoms with Crippen molar-refractivity contribution in [2.45, 2.75) is 0 Å². The van der Waals surface area contributed by atoms with Crippen LogP contribution in [0, 0.1) is 0 Å². The molecule has 6 aromatic carbocycles. The Kier molecular flexibility index (Phi) is 22.2. The normalized spacial score (nSPS) is 12.4. The van der Waals surface area contributed by atoms with Crippen LogP contribution in [0.4, 0.5) is 0 Å². The third-order valence-corrected chi connectivity index (χ3v) is 16.2. The maximum Gasteiger partial charge on any atom is 1.00 e. The molecule has 20 nitrogen and oxygen atoms in total. The van der Waals surface area contributed by atoms with Crippen molar-refractivity contribution < 1.29 is 91.5 Å². The number of benzene rings is 6. The number of hydrogen-bond donors (Lipinski definition) is 6. The van der Waals surface area contributed by atoms with Crippen molar-refractivity contribution in [1.29, 1.82) is 0 Å². The zero-order valence-corrected chi connectivity index (χ0v) is 49.7. The first-order valence-corrected chi connectivity index (χ1v) is 31.4. The van der Waals surface area contributed by atoms with Crippen LogP contribution in [0.25, 0.3) is 87.2 Å². The topological polar surface area (TPSA) is 339 Å². The molecule has 0 bridgehead atoms. The molecule has 6 N–H and O–H groups in total. The molecule has 8 aromatic heterocycles. The summed E-state index contributed by atoms with van der Waals surface area (Å²) in [5, 5.41) is 7.75. The molecule has 0 spiro atoms. The predicted molar refractivity (Wildman–Crippen MR) is 323 cm³/mol. The van der Waals surface area contributed by atoms with Gasteiger partial charge in [0.25, 0.3) is 0 Å². The van der Waals surface area contributed by atoms with E-state index in [-0.39, 0.29) is 44.7 Å². The largest absolute Gasteiger partial charge is 1.00 e. The minimum atomic E-state index is -4.61. The van der Waals surface area contributed by atoms with Crippen molar-refractivity contribution in [2.75, 3.05) is 0 Å². The summed E-state index contributed by atoms with van der Waals surface area (Å²) in [5.74, 6) is 0. The minimum absolute atomic E-state index is 0. The average molecular weight is 1320 g/mol. The fraction of sp³-hybridized carbons (Fsp3) is 0. The average Bonchev–Trinajstić information content (AvgIpc) is 2.92. The van der Waals surface area contributed by atoms with Gasteiger partial charge >= 0.3 is 49.3 Å². The van der Waals surface area contributed by atoms with E-state index < -0.39 is 41.0 Å². The zero-order chi connectivity index (χ0) is 59.5. The van der Waals surface area contributed by atoms with Gasteiger partial charge in [0.1, 0.15) is 0 Å². The Balaban J connectivity index is 0.000000147. The van der Waals surface area contributed by atoms with Crippen LogP contribution in [0.2, 0.25) is 0 Å². The molecule has 0 aliphatic heterocycles. The van der Waals surface area contributed by atoms with Gasteiger partial charge in [-0.05, 0) is 97.1 Å². The quantitative estimate of drug-likeness (QED) is 0.0546. The van der Waals surface area contributed by atoms with E-state index in [1.807, 2.05) is 48.5 Å². The van der Waals surface area contributed by atoms with Gasteiger partial charge in [0, 0.05) is 103 Å². The molecule has 440 valence electrons. The van der Waals surface area contributed by atoms with Crippen molar-refractivity contribution in [3.63, 3.8) is 0 Å². The molecule has 0 aliphatic rings. The molecule has 8 heterocycles. The molecular formula is C60H46Cu2N8O12P4. The summed E-state index contributed by atoms with van der Waals surface area (Å²) in [7, 11) is -17.9. The third kappa shape index (κ3) is 16.8. The zero-order valence-electron chi connectivity index (χ0n) is 44.2. The van der Waals surface area contributed by atoms with Gasteiger partial charge in [-0.25, -0.2) is 0 Å². The summed E-state index contributed by atoms with van der Waals surface area (Å²) in [6, 6.07) is 56.1. The molecule has 0 radical (unpaired) electrons. The van der Waals surface area contributed by atoms with E-state index in [9.17, 15) is 28.0 Å². The SMILES string of the molecule is O=P(O)(O)c1ccc(P(=O)(O)O)cc1.O=P([O-])(O)c1ccc(P(=O)([O-])O)cc1.[Cu+].[Cu+].c1cnc2c(c1)ccc1cccnc12.c1cnc2c(c1)ccc1cccnc12.c1cnc2c(c1)ccc1cccnc12.c1cnc2c(c1)ccc1cccnc12. The van der Waals surface area contributed by atoms with Gasteiger partial charge in [0.15, 0.2) is 15.2 Å². The van der Waals surface area contributed by atoms with E-state index in [1.165, 1.54) is 0 Å². The number of nitrogens with zero attached hydrogens (tertiary/aromatic N) is 8. The summed E-state index contributed by atoms with van der Waals surface area (Å²) >= 11 is 0. The van der Waals surface area contributed by atoms with E-state index in [4.69, 9.17) is 29.4 Å². The van der Waals surface area contributed by atoms with Crippen LogP contribution in [0.5, 0.6) is 0 Å². The second-order valence-corrected chi connectivity index (χ2v) is 24.3. The molecular weight excluding hydrogens is 1280 g/mol. The van der Waals surface area contributed by atoms with Crippen molar-refractivity contribution in [3.05, 3.63) is 244 Å². The van der Waals surface area contributed by atoms with Gasteiger partial charge in [-0.3, -0.25) is 49.0 Å². The minimum Gasteiger partial charge on any atom is -0.775 e. The molecule has 2 unspecified atom stereocenters. The summed E-state index contributed by atoms with van der Waals surface area (Å²) in [6.45, 7) is 0. The Hall–Kier alpha value is -7.76. The molecule has 0 fully saturated rings. The van der Waals surface area contributed by atoms with Crippen LogP contribution in [0.3, 0.4) is 0 Å². The summed E-state index contributed by atoms with van der Waals surface area (Å²) in [6.07, 6.45) is 14.4. The summed E-state index contributed by atoms with van der Waals surface area (Å²) in [4.78, 5) is 108. The molecule has 14 aromatic rings. The fourth-order valence-electron chi connectivity index (χ4n) is 8.39. The Morgan fingerprint density at radius 2 is 0.372 bits per heavy atom. The fourth-order valence-corrected chi connectivity index (χ4v) is 10.5. The van der Waals surface area contributed by atoms with Crippen LogP contribution in [0.15, 0.2) is 244 Å². The maximum atomic E-state index is 10.7. The molecule has 86 heavy (non-hydrogen) atoms. The smallest absolute Gasteiger partial charge is 0.775 e. The number of fused-ring (bicyclic) bond motifs is 12. The summed E-state index contributed by atoms with van der Waals surface area (Å²) in [5.41, 5.74) is 7.82. The van der Waals surface area contributed by atoms with Crippen molar-refractivity contribution >= 4 is 139 Å². The Bertz CT molecular complexity index is 4020. The van der Waals surface area contributed by atoms with Gasteiger partial charge < -0.3 is 48.3 Å². The predicted octanol–water partition coefficient (Wildman–Crippen LogP) is 8.45. The number of pyridine rings is 8. The molecule has 2 atom stereocenters. The van der Waals surface area contributed by atoms with Gasteiger partial charge in [0.05, 0.1) is 54.7 Å². The Morgan fingerprint density at radius 3 is 0.500 bits per heavy atom. The molecule has 14 rings (SSSR count). The first-order chi connectivity index (χ1) is 40.2. The standard InChI is InChI=1S/4C12H8N2.2C6H8O6P2.2Cu/c4*1-3-9-5-6-10-4-2-8-14-12(10)11(9)13-7-1;2*7-13(8,9)5-1-2-6(4-3-5)14(10,11)12;;/h4*1-8H;2*1-4H,(H2,7,8,9)(H2,10,11,12);;/q;;;;;;2*+1/p-2. The third-order valence-electron chi connectivity index (χ3n) is 12.4. The van der Waals surface area contributed by atoms with E-state index in [0.717, 1.165) is 136 Å². The van der Waals surface area contributed by atoms with Gasteiger partial charge in [-0.1, -0.05) is 97.1 Å². The monoisotopic (exact) mass is 1320 g/mol. The van der Waals surface area contributed by atoms with Gasteiger partial charge in [-0.2, -0.15) is 0 Å². The first kappa shape index (κ1) is 65.8. The second-order valence-electron chi connectivity index (χ2n) is 18.0. The molecule has 0 aliphatic carbocycles. The molecule has 0 amide bonds. The summed E-state index contributed by atoms with van der Waals surface area (Å²) < 4.78 is 42.5. The number of rotatable bonds is 4. The van der Waals surface area contributed by atoms with Crippen LogP contribution in [0.1, 0.15) is 0 Å². The second kappa shape index (κ2) is 29.1. The molecule has 0 saturated carbocycles. The van der Waals surface area contributed by atoms with Crippen LogP contribution in [-0.2, 0) is 52.4 Å². The van der Waals surface area contributed by atoms with Crippen LogP contribution < -0.4 is 31.0 Å². The van der Waals surface area contributed by atoms with E-state index in [1.54, 1.807) is 49.6 Å². The Labute approximate surface area is 510 Å². The van der Waals surface area contributed by atoms with Crippen molar-refractivity contribution in [3.8, 4) is 0 Å². The van der Waals surface area contributed by atoms with E-state index in [0.29, 0.717) is 0 Å². The van der Waals surface area contributed by atoms with Crippen molar-refractivity contribution in [1.82, 2.24) is 39.9 Å². The number of aromatic nitrogens is 8. The van der Waals surface area contributed by atoms with Gasteiger partial charge in [0.2, 0.25) is 0 Å². The van der Waals surface area contributed by atoms with E-state index in [2.05, 4.69) is 137 Å². The van der Waals surface area contributed by atoms with Crippen molar-refractivity contribution in [2.24, 2.45) is 0 Å². The maximum absolute atomic E-state index is 10.7. The first-order valence-electron chi connectivity index (χ1n) is 25.0. The molecule has 26 heteroatoms. The Morgan fingerprint density at radius 1 is 0.233 bits per heavy atom. The van der Waals surface area contributed by atoms with Crippen LogP contribution >= 0.6 is 30.4 Å². The van der Waals surface area contributed by atoms with E-state index >= 15 is 0 Å². The number of hydrogen-bond acceptors (Lipinski definition) is 14. The van der Waals surface area contributed by atoms with Gasteiger partial charge in [-0.15, -0.1) is 0 Å². The van der Waals surface area contributed by atoms with Crippen LogP contribution in [-0.4, -0.2) is 69.2 Å².